The molecular formula is C18H31N3O2. The summed E-state index contributed by atoms with van der Waals surface area (Å²) in [6.45, 7) is 4.48. The minimum absolute atomic E-state index is 0.0761. The Hall–Kier alpha value is -1.26. The van der Waals surface area contributed by atoms with E-state index in [2.05, 4.69) is 17.6 Å². The van der Waals surface area contributed by atoms with Crippen LogP contribution in [0.1, 0.15) is 64.7 Å². The van der Waals surface area contributed by atoms with Crippen LogP contribution in [0.4, 0.5) is 4.79 Å². The van der Waals surface area contributed by atoms with Crippen molar-refractivity contribution in [3.05, 3.63) is 0 Å². The van der Waals surface area contributed by atoms with Crippen molar-refractivity contribution < 1.29 is 9.59 Å². The molecule has 0 bridgehead atoms. The number of carbonyl (C=O) groups excluding carboxylic acids is 2. The molecule has 0 aromatic carbocycles. The van der Waals surface area contributed by atoms with Crippen LogP contribution < -0.4 is 10.6 Å². The average Bonchev–Trinajstić information content (AvgIpc) is 3.32. The lowest BCUT2D eigenvalue weighted by Crippen LogP contribution is -2.43. The van der Waals surface area contributed by atoms with Gasteiger partial charge in [-0.2, -0.15) is 0 Å². The minimum Gasteiger partial charge on any atom is -0.339 e. The number of nitrogens with one attached hydrogen (secondary N) is 2. The molecule has 3 fully saturated rings. The molecule has 0 unspecified atom stereocenters. The van der Waals surface area contributed by atoms with E-state index < -0.39 is 0 Å². The van der Waals surface area contributed by atoms with Gasteiger partial charge in [0.1, 0.15) is 0 Å². The zero-order chi connectivity index (χ0) is 16.3. The van der Waals surface area contributed by atoms with Crippen LogP contribution in [0.5, 0.6) is 0 Å². The highest BCUT2D eigenvalue weighted by Gasteiger charge is 2.39. The molecule has 3 rings (SSSR count). The quantitative estimate of drug-likeness (QED) is 0.765. The maximum absolute atomic E-state index is 12.1. The second-order valence-electron chi connectivity index (χ2n) is 8.14. The van der Waals surface area contributed by atoms with Gasteiger partial charge < -0.3 is 15.5 Å². The Kier molecular flexibility index (Phi) is 5.12. The van der Waals surface area contributed by atoms with Gasteiger partial charge in [0.05, 0.1) is 0 Å². The largest absolute Gasteiger partial charge is 0.339 e. The van der Waals surface area contributed by atoms with E-state index in [9.17, 15) is 9.59 Å². The molecule has 3 aliphatic rings. The van der Waals surface area contributed by atoms with Crippen molar-refractivity contribution in [3.8, 4) is 0 Å². The summed E-state index contributed by atoms with van der Waals surface area (Å²) >= 11 is 0. The molecule has 0 spiro atoms. The Bertz CT molecular complexity index is 440. The van der Waals surface area contributed by atoms with Gasteiger partial charge in [-0.25, -0.2) is 4.79 Å². The van der Waals surface area contributed by atoms with E-state index in [0.29, 0.717) is 19.0 Å². The van der Waals surface area contributed by atoms with Crippen molar-refractivity contribution >= 4 is 11.9 Å². The first-order valence-electron chi connectivity index (χ1n) is 9.37. The summed E-state index contributed by atoms with van der Waals surface area (Å²) in [5.74, 6) is 0.549. The van der Waals surface area contributed by atoms with E-state index in [1.54, 1.807) is 0 Å². The normalized spacial score (nSPS) is 27.6. The van der Waals surface area contributed by atoms with Crippen molar-refractivity contribution in [2.24, 2.45) is 11.3 Å². The van der Waals surface area contributed by atoms with Gasteiger partial charge in [0.2, 0.25) is 5.91 Å². The molecular weight excluding hydrogens is 290 g/mol. The van der Waals surface area contributed by atoms with Gasteiger partial charge in [0, 0.05) is 38.0 Å². The van der Waals surface area contributed by atoms with Crippen molar-refractivity contribution in [1.82, 2.24) is 15.5 Å². The van der Waals surface area contributed by atoms with Gasteiger partial charge in [0.15, 0.2) is 0 Å². The van der Waals surface area contributed by atoms with Crippen LogP contribution in [0.3, 0.4) is 0 Å². The average molecular weight is 321 g/mol. The lowest BCUT2D eigenvalue weighted by atomic mass is 9.82. The van der Waals surface area contributed by atoms with Crippen LogP contribution in [-0.4, -0.2) is 42.5 Å². The number of likely N-dealkylation sites (tertiary alicyclic amines) is 1. The third-order valence-electron chi connectivity index (χ3n) is 5.76. The molecule has 3 amide bonds. The molecule has 1 aliphatic heterocycles. The van der Waals surface area contributed by atoms with E-state index in [4.69, 9.17) is 0 Å². The number of urea groups is 1. The van der Waals surface area contributed by atoms with Crippen LogP contribution in [0.25, 0.3) is 0 Å². The molecule has 2 N–H and O–H groups in total. The molecule has 2 aliphatic carbocycles. The molecule has 0 radical (unpaired) electrons. The second-order valence-corrected chi connectivity index (χ2v) is 8.14. The van der Waals surface area contributed by atoms with Gasteiger partial charge in [-0.3, -0.25) is 4.79 Å². The van der Waals surface area contributed by atoms with Gasteiger partial charge in [-0.15, -0.1) is 0 Å². The third kappa shape index (κ3) is 4.61. The van der Waals surface area contributed by atoms with Gasteiger partial charge in [0.25, 0.3) is 0 Å². The first kappa shape index (κ1) is 16.6. The van der Waals surface area contributed by atoms with Crippen LogP contribution in [0.15, 0.2) is 0 Å². The lowest BCUT2D eigenvalue weighted by molar-refractivity contribution is -0.128. The standard InChI is InChI=1S/C18H31N3O2/c1-18(8-4-2-3-5-9-18)13-20-17(23)19-11-14-10-16(22)21(12-14)15-6-7-15/h14-15H,2-13H2,1H3,(H2,19,20,23)/t14-/m0/s1. The molecule has 1 saturated heterocycles. The Labute approximate surface area is 139 Å². The summed E-state index contributed by atoms with van der Waals surface area (Å²) in [5.41, 5.74) is 0.250. The highest BCUT2D eigenvalue weighted by Crippen LogP contribution is 2.34. The second kappa shape index (κ2) is 7.10. The molecule has 0 aromatic heterocycles. The Morgan fingerprint density at radius 2 is 1.87 bits per heavy atom. The lowest BCUT2D eigenvalue weighted by Gasteiger charge is -2.28. The topological polar surface area (TPSA) is 61.4 Å². The summed E-state index contributed by atoms with van der Waals surface area (Å²) in [6.07, 6.45) is 10.5. The Morgan fingerprint density at radius 3 is 2.52 bits per heavy atom. The molecule has 1 heterocycles. The van der Waals surface area contributed by atoms with Crippen LogP contribution in [0, 0.1) is 11.3 Å². The van der Waals surface area contributed by atoms with Crippen molar-refractivity contribution in [2.45, 2.75) is 70.8 Å². The Balaban J connectivity index is 1.35. The Morgan fingerprint density at radius 1 is 1.17 bits per heavy atom. The monoisotopic (exact) mass is 321 g/mol. The van der Waals surface area contributed by atoms with Crippen molar-refractivity contribution in [3.63, 3.8) is 0 Å². The van der Waals surface area contributed by atoms with Gasteiger partial charge in [-0.05, 0) is 31.1 Å². The van der Waals surface area contributed by atoms with E-state index >= 15 is 0 Å². The molecule has 5 heteroatoms. The van der Waals surface area contributed by atoms with Crippen molar-refractivity contribution in [1.29, 1.82) is 0 Å². The van der Waals surface area contributed by atoms with Crippen LogP contribution in [-0.2, 0) is 4.79 Å². The molecule has 0 aromatic rings. The molecule has 23 heavy (non-hydrogen) atoms. The first-order valence-corrected chi connectivity index (χ1v) is 9.37. The molecule has 5 nitrogen and oxygen atoms in total. The smallest absolute Gasteiger partial charge is 0.314 e. The number of hydrogen-bond donors (Lipinski definition) is 2. The fraction of sp³-hybridized carbons (Fsp3) is 0.889. The van der Waals surface area contributed by atoms with E-state index in [1.165, 1.54) is 38.5 Å². The summed E-state index contributed by atoms with van der Waals surface area (Å²) < 4.78 is 0. The number of hydrogen-bond acceptors (Lipinski definition) is 2. The zero-order valence-corrected chi connectivity index (χ0v) is 14.4. The predicted octanol–water partition coefficient (Wildman–Crippen LogP) is 2.66. The zero-order valence-electron chi connectivity index (χ0n) is 14.4. The highest BCUT2D eigenvalue weighted by atomic mass is 16.2. The van der Waals surface area contributed by atoms with Crippen LogP contribution >= 0.6 is 0 Å². The summed E-state index contributed by atoms with van der Waals surface area (Å²) in [6, 6.07) is 0.421. The van der Waals surface area contributed by atoms with Gasteiger partial charge >= 0.3 is 6.03 Å². The van der Waals surface area contributed by atoms with Crippen molar-refractivity contribution in [2.75, 3.05) is 19.6 Å². The maximum Gasteiger partial charge on any atom is 0.314 e. The highest BCUT2D eigenvalue weighted by molar-refractivity contribution is 5.79. The summed E-state index contributed by atoms with van der Waals surface area (Å²) in [4.78, 5) is 26.0. The van der Waals surface area contributed by atoms with Gasteiger partial charge in [-0.1, -0.05) is 32.6 Å². The number of amides is 3. The molecule has 2 saturated carbocycles. The third-order valence-corrected chi connectivity index (χ3v) is 5.76. The fourth-order valence-corrected chi connectivity index (χ4v) is 4.04. The SMILES string of the molecule is CC1(CNC(=O)NC[C@@H]2CC(=O)N(C3CC3)C2)CCCCCC1. The summed E-state index contributed by atoms with van der Waals surface area (Å²) in [5, 5.41) is 6.02. The number of carbonyl (C=O) groups is 2. The predicted molar refractivity (Wildman–Crippen MR) is 90.1 cm³/mol. The fourth-order valence-electron chi connectivity index (χ4n) is 4.04. The molecule has 1 atom stereocenters. The van der Waals surface area contributed by atoms with Crippen LogP contribution in [0.2, 0.25) is 0 Å². The maximum atomic E-state index is 12.1. The van der Waals surface area contributed by atoms with E-state index in [1.807, 2.05) is 4.90 Å². The minimum atomic E-state index is -0.0761. The molecule has 130 valence electrons. The number of nitrogens with zero attached hydrogens (tertiary/aromatic N) is 1. The first-order chi connectivity index (χ1) is 11.1. The summed E-state index contributed by atoms with van der Waals surface area (Å²) in [7, 11) is 0. The van der Waals surface area contributed by atoms with E-state index in [0.717, 1.165) is 25.9 Å². The van der Waals surface area contributed by atoms with E-state index in [-0.39, 0.29) is 23.3 Å². The number of rotatable bonds is 5.